The molecule has 0 bridgehead atoms. The standard InChI is InChI=1S/C22H26N6O2S/c1-23-31(29,30)20-9-5-8-19(13-20)27-22-14-21(24-16-25-22)26-18-7-4-6-17(12-18)15-28-10-2-3-11-28/h4-9,12-14,16,23H,2-3,10-11,15H2,1H3,(H2,24,25,26,27). The van der Waals surface area contributed by atoms with Gasteiger partial charge in [-0.15, -0.1) is 0 Å². The van der Waals surface area contributed by atoms with Crippen LogP contribution in [-0.4, -0.2) is 43.4 Å². The van der Waals surface area contributed by atoms with Gasteiger partial charge in [-0.05, 0) is 68.9 Å². The maximum atomic E-state index is 12.0. The molecule has 1 aliphatic rings. The third-order valence-corrected chi connectivity index (χ3v) is 6.57. The van der Waals surface area contributed by atoms with Gasteiger partial charge in [0.05, 0.1) is 4.90 Å². The molecule has 1 aromatic heterocycles. The van der Waals surface area contributed by atoms with Gasteiger partial charge >= 0.3 is 0 Å². The van der Waals surface area contributed by atoms with Gasteiger partial charge in [-0.1, -0.05) is 18.2 Å². The van der Waals surface area contributed by atoms with Gasteiger partial charge in [-0.25, -0.2) is 23.1 Å². The van der Waals surface area contributed by atoms with Crippen LogP contribution in [0, 0.1) is 0 Å². The number of benzene rings is 2. The third kappa shape index (κ3) is 5.57. The van der Waals surface area contributed by atoms with E-state index in [9.17, 15) is 8.42 Å². The first-order chi connectivity index (χ1) is 15.0. The van der Waals surface area contributed by atoms with Crippen molar-refractivity contribution in [1.82, 2.24) is 19.6 Å². The van der Waals surface area contributed by atoms with Crippen LogP contribution in [0.5, 0.6) is 0 Å². The maximum Gasteiger partial charge on any atom is 0.240 e. The highest BCUT2D eigenvalue weighted by atomic mass is 32.2. The van der Waals surface area contributed by atoms with Crippen LogP contribution in [0.3, 0.4) is 0 Å². The Balaban J connectivity index is 1.46. The van der Waals surface area contributed by atoms with Gasteiger partial charge in [0.25, 0.3) is 0 Å². The van der Waals surface area contributed by atoms with E-state index >= 15 is 0 Å². The summed E-state index contributed by atoms with van der Waals surface area (Å²) in [4.78, 5) is 11.2. The van der Waals surface area contributed by atoms with E-state index in [1.54, 1.807) is 30.3 Å². The van der Waals surface area contributed by atoms with Crippen molar-refractivity contribution in [3.05, 3.63) is 66.5 Å². The number of likely N-dealkylation sites (tertiary alicyclic amines) is 1. The van der Waals surface area contributed by atoms with Gasteiger partial charge in [0.2, 0.25) is 10.0 Å². The highest BCUT2D eigenvalue weighted by Crippen LogP contribution is 2.22. The lowest BCUT2D eigenvalue weighted by atomic mass is 10.2. The summed E-state index contributed by atoms with van der Waals surface area (Å²) in [6.45, 7) is 3.28. The fourth-order valence-corrected chi connectivity index (χ4v) is 4.37. The molecule has 1 aliphatic heterocycles. The minimum absolute atomic E-state index is 0.183. The predicted molar refractivity (Wildman–Crippen MR) is 122 cm³/mol. The van der Waals surface area contributed by atoms with E-state index in [-0.39, 0.29) is 4.90 Å². The molecule has 8 nitrogen and oxygen atoms in total. The van der Waals surface area contributed by atoms with Crippen LogP contribution in [0.1, 0.15) is 18.4 Å². The Morgan fingerprint density at radius 1 is 0.903 bits per heavy atom. The van der Waals surface area contributed by atoms with Crippen molar-refractivity contribution >= 4 is 33.0 Å². The van der Waals surface area contributed by atoms with E-state index in [2.05, 4.69) is 42.4 Å². The van der Waals surface area contributed by atoms with Crippen molar-refractivity contribution in [3.63, 3.8) is 0 Å². The summed E-state index contributed by atoms with van der Waals surface area (Å²) >= 11 is 0. The van der Waals surface area contributed by atoms with Crippen LogP contribution in [0.25, 0.3) is 0 Å². The number of nitrogens with zero attached hydrogens (tertiary/aromatic N) is 3. The Morgan fingerprint density at radius 2 is 1.55 bits per heavy atom. The molecule has 3 aromatic rings. The van der Waals surface area contributed by atoms with Crippen molar-refractivity contribution in [1.29, 1.82) is 0 Å². The molecule has 0 spiro atoms. The molecular formula is C22H26N6O2S. The highest BCUT2D eigenvalue weighted by Gasteiger charge is 2.13. The molecule has 0 saturated carbocycles. The number of rotatable bonds is 8. The van der Waals surface area contributed by atoms with E-state index in [0.29, 0.717) is 17.3 Å². The average molecular weight is 439 g/mol. The van der Waals surface area contributed by atoms with Crippen molar-refractivity contribution in [3.8, 4) is 0 Å². The van der Waals surface area contributed by atoms with Crippen molar-refractivity contribution in [2.75, 3.05) is 30.8 Å². The molecule has 0 aliphatic carbocycles. The molecule has 1 saturated heterocycles. The lowest BCUT2D eigenvalue weighted by Crippen LogP contribution is -2.18. The molecule has 0 unspecified atom stereocenters. The van der Waals surface area contributed by atoms with E-state index in [4.69, 9.17) is 0 Å². The fourth-order valence-electron chi connectivity index (χ4n) is 3.60. The number of nitrogens with one attached hydrogen (secondary N) is 3. The molecule has 4 rings (SSSR count). The zero-order valence-corrected chi connectivity index (χ0v) is 18.2. The summed E-state index contributed by atoms with van der Waals surface area (Å²) in [5.41, 5.74) is 2.85. The monoisotopic (exact) mass is 438 g/mol. The van der Waals surface area contributed by atoms with Crippen LogP contribution in [0.4, 0.5) is 23.0 Å². The lowest BCUT2D eigenvalue weighted by molar-refractivity contribution is 0.331. The molecule has 31 heavy (non-hydrogen) atoms. The topological polar surface area (TPSA) is 99.2 Å². The number of hydrogen-bond acceptors (Lipinski definition) is 7. The zero-order valence-electron chi connectivity index (χ0n) is 17.4. The third-order valence-electron chi connectivity index (χ3n) is 5.16. The normalized spacial score (nSPS) is 14.5. The molecule has 162 valence electrons. The summed E-state index contributed by atoms with van der Waals surface area (Å²) in [5, 5.41) is 6.46. The van der Waals surface area contributed by atoms with E-state index in [1.165, 1.54) is 31.8 Å². The Labute approximate surface area is 182 Å². The minimum atomic E-state index is -3.51. The Kier molecular flexibility index (Phi) is 6.45. The second-order valence-electron chi connectivity index (χ2n) is 7.46. The molecule has 2 heterocycles. The Morgan fingerprint density at radius 3 is 2.23 bits per heavy atom. The summed E-state index contributed by atoms with van der Waals surface area (Å²) in [5.74, 6) is 1.21. The molecule has 0 amide bonds. The second kappa shape index (κ2) is 9.42. The largest absolute Gasteiger partial charge is 0.340 e. The van der Waals surface area contributed by atoms with Gasteiger partial charge in [-0.2, -0.15) is 0 Å². The van der Waals surface area contributed by atoms with E-state index in [1.807, 2.05) is 12.1 Å². The fraction of sp³-hybridized carbons (Fsp3) is 0.273. The van der Waals surface area contributed by atoms with Crippen LogP contribution in [-0.2, 0) is 16.6 Å². The van der Waals surface area contributed by atoms with Crippen LogP contribution in [0.2, 0.25) is 0 Å². The molecule has 0 radical (unpaired) electrons. The number of sulfonamides is 1. The van der Waals surface area contributed by atoms with Gasteiger partial charge in [0, 0.05) is 24.0 Å². The Bertz CT molecular complexity index is 1150. The van der Waals surface area contributed by atoms with Gasteiger partial charge < -0.3 is 10.6 Å². The van der Waals surface area contributed by atoms with Crippen LogP contribution in [0.15, 0.2) is 65.8 Å². The Hall–Kier alpha value is -3.01. The summed E-state index contributed by atoms with van der Waals surface area (Å²) in [7, 11) is -2.13. The van der Waals surface area contributed by atoms with E-state index in [0.717, 1.165) is 25.3 Å². The van der Waals surface area contributed by atoms with Gasteiger partial charge in [0.15, 0.2) is 0 Å². The summed E-state index contributed by atoms with van der Waals surface area (Å²) < 4.78 is 26.4. The predicted octanol–water partition coefficient (Wildman–Crippen LogP) is 3.47. The number of aromatic nitrogens is 2. The minimum Gasteiger partial charge on any atom is -0.340 e. The average Bonchev–Trinajstić information content (AvgIpc) is 3.27. The zero-order chi connectivity index (χ0) is 21.7. The van der Waals surface area contributed by atoms with Gasteiger partial charge in [0.1, 0.15) is 18.0 Å². The summed E-state index contributed by atoms with van der Waals surface area (Å²) in [6.07, 6.45) is 4.02. The first-order valence-electron chi connectivity index (χ1n) is 10.2. The quantitative estimate of drug-likeness (QED) is 0.495. The molecule has 0 atom stereocenters. The smallest absolute Gasteiger partial charge is 0.240 e. The maximum absolute atomic E-state index is 12.0. The van der Waals surface area contributed by atoms with Crippen molar-refractivity contribution in [2.24, 2.45) is 0 Å². The SMILES string of the molecule is CNS(=O)(=O)c1cccc(Nc2cc(Nc3cccc(CN4CCCC4)c3)ncn2)c1. The van der Waals surface area contributed by atoms with Gasteiger partial charge in [-0.3, -0.25) is 4.90 Å². The first-order valence-corrected chi connectivity index (χ1v) is 11.7. The molecule has 2 aromatic carbocycles. The number of hydrogen-bond donors (Lipinski definition) is 3. The van der Waals surface area contributed by atoms with E-state index < -0.39 is 10.0 Å². The van der Waals surface area contributed by atoms with Crippen LogP contribution >= 0.6 is 0 Å². The number of anilines is 4. The molecule has 1 fully saturated rings. The highest BCUT2D eigenvalue weighted by molar-refractivity contribution is 7.89. The van der Waals surface area contributed by atoms with Crippen molar-refractivity contribution in [2.45, 2.75) is 24.3 Å². The molecular weight excluding hydrogens is 412 g/mol. The molecule has 3 N–H and O–H groups in total. The second-order valence-corrected chi connectivity index (χ2v) is 9.34. The molecule has 9 heteroatoms. The first kappa shape index (κ1) is 21.2. The lowest BCUT2D eigenvalue weighted by Gasteiger charge is -2.15. The van der Waals surface area contributed by atoms with Crippen LogP contribution < -0.4 is 15.4 Å². The van der Waals surface area contributed by atoms with Crippen molar-refractivity contribution < 1.29 is 8.42 Å². The summed E-state index contributed by atoms with van der Waals surface area (Å²) in [6, 6.07) is 16.7.